The first kappa shape index (κ1) is 14.0. The molecular formula is C10H15N3O3S. The second-order valence-corrected chi connectivity index (χ2v) is 3.54. The predicted molar refractivity (Wildman–Crippen MR) is 64.3 cm³/mol. The van der Waals surface area contributed by atoms with Crippen molar-refractivity contribution in [1.82, 2.24) is 14.7 Å². The number of nitrogens with one attached hydrogen (secondary N) is 1. The molecule has 94 valence electrons. The van der Waals surface area contributed by atoms with Gasteiger partial charge in [0.25, 0.3) is 0 Å². The summed E-state index contributed by atoms with van der Waals surface area (Å²) in [6.45, 7) is 0. The molecule has 0 aromatic carbocycles. The number of carbonyl (C=O) groups excluding carboxylic acids is 1. The number of thiol groups is 1. The van der Waals surface area contributed by atoms with Crippen molar-refractivity contribution in [3.8, 4) is 0 Å². The van der Waals surface area contributed by atoms with Crippen LogP contribution in [0, 0.1) is 0 Å². The molecule has 0 radical (unpaired) electrons. The standard InChI is InChI=1S/C10H15N3O3S/c1-15-10(16-2)9(14)5-7(13-17)8-6-11-3-4-12-8/h3-4,6-7,10,13,17H,5H2,1-2H3. The first-order valence-electron chi connectivity index (χ1n) is 4.96. The average molecular weight is 257 g/mol. The number of aromatic nitrogens is 2. The van der Waals surface area contributed by atoms with Crippen LogP contribution in [0.3, 0.4) is 0 Å². The summed E-state index contributed by atoms with van der Waals surface area (Å²) in [5.41, 5.74) is 0.641. The largest absolute Gasteiger partial charge is 0.349 e. The summed E-state index contributed by atoms with van der Waals surface area (Å²) >= 11 is 3.98. The van der Waals surface area contributed by atoms with Crippen molar-refractivity contribution in [2.75, 3.05) is 14.2 Å². The molecule has 1 unspecified atom stereocenters. The zero-order chi connectivity index (χ0) is 12.7. The minimum absolute atomic E-state index is 0.161. The highest BCUT2D eigenvalue weighted by atomic mass is 32.1. The molecule has 0 aliphatic heterocycles. The Kier molecular flexibility index (Phi) is 6.06. The quantitative estimate of drug-likeness (QED) is 0.548. The van der Waals surface area contributed by atoms with Crippen LogP contribution in [0.1, 0.15) is 18.2 Å². The van der Waals surface area contributed by atoms with Crippen LogP contribution in [0.5, 0.6) is 0 Å². The number of Topliss-reactive ketones (excluding diaryl/α,β-unsaturated/α-hetero) is 1. The van der Waals surface area contributed by atoms with Gasteiger partial charge in [-0.1, -0.05) is 12.8 Å². The predicted octanol–water partition coefficient (Wildman–Crippen LogP) is 0.530. The third-order valence-corrected chi connectivity index (χ3v) is 2.50. The molecule has 0 spiro atoms. The van der Waals surface area contributed by atoms with E-state index < -0.39 is 6.29 Å². The van der Waals surface area contributed by atoms with Crippen molar-refractivity contribution in [1.29, 1.82) is 0 Å². The highest BCUT2D eigenvalue weighted by molar-refractivity contribution is 7.78. The van der Waals surface area contributed by atoms with Gasteiger partial charge in [0.15, 0.2) is 5.78 Å². The molecule has 0 saturated carbocycles. The molecule has 17 heavy (non-hydrogen) atoms. The van der Waals surface area contributed by atoms with E-state index in [0.29, 0.717) is 5.69 Å². The third-order valence-electron chi connectivity index (χ3n) is 2.19. The molecule has 1 aromatic rings. The number of methoxy groups -OCH3 is 2. The van der Waals surface area contributed by atoms with Gasteiger partial charge in [-0.3, -0.25) is 19.5 Å². The second kappa shape index (κ2) is 7.33. The molecule has 0 bridgehead atoms. The number of ether oxygens (including phenoxy) is 2. The Balaban J connectivity index is 2.68. The van der Waals surface area contributed by atoms with E-state index in [1.807, 2.05) is 0 Å². The minimum atomic E-state index is -0.865. The van der Waals surface area contributed by atoms with E-state index in [0.717, 1.165) is 0 Å². The van der Waals surface area contributed by atoms with Gasteiger partial charge >= 0.3 is 0 Å². The van der Waals surface area contributed by atoms with Crippen molar-refractivity contribution in [2.45, 2.75) is 18.8 Å². The van der Waals surface area contributed by atoms with Gasteiger partial charge in [0.05, 0.1) is 17.9 Å². The van der Waals surface area contributed by atoms with Gasteiger partial charge in [-0.25, -0.2) is 0 Å². The zero-order valence-corrected chi connectivity index (χ0v) is 10.6. The SMILES string of the molecule is COC(OC)C(=O)CC(NS)c1cnccn1. The fourth-order valence-corrected chi connectivity index (χ4v) is 1.59. The first-order chi connectivity index (χ1) is 8.22. The van der Waals surface area contributed by atoms with E-state index in [-0.39, 0.29) is 18.2 Å². The Morgan fingerprint density at radius 3 is 2.65 bits per heavy atom. The zero-order valence-electron chi connectivity index (χ0n) is 9.66. The van der Waals surface area contributed by atoms with Crippen LogP contribution in [-0.2, 0) is 14.3 Å². The van der Waals surface area contributed by atoms with E-state index >= 15 is 0 Å². The summed E-state index contributed by atoms with van der Waals surface area (Å²) < 4.78 is 12.5. The van der Waals surface area contributed by atoms with Gasteiger partial charge in [-0.15, -0.1) is 0 Å². The van der Waals surface area contributed by atoms with Crippen molar-refractivity contribution in [2.24, 2.45) is 0 Å². The number of hydrogen-bond acceptors (Lipinski definition) is 7. The molecule has 1 atom stereocenters. The smallest absolute Gasteiger partial charge is 0.217 e. The Hall–Kier alpha value is -1.02. The number of ketones is 1. The maximum absolute atomic E-state index is 11.8. The fraction of sp³-hybridized carbons (Fsp3) is 0.500. The van der Waals surface area contributed by atoms with Crippen molar-refractivity contribution < 1.29 is 14.3 Å². The van der Waals surface area contributed by atoms with Gasteiger partial charge in [0.2, 0.25) is 6.29 Å². The fourth-order valence-electron chi connectivity index (χ4n) is 1.36. The lowest BCUT2D eigenvalue weighted by Crippen LogP contribution is -2.29. The molecule has 0 aliphatic rings. The average Bonchev–Trinajstić information content (AvgIpc) is 2.38. The molecule has 0 saturated heterocycles. The molecule has 0 aliphatic carbocycles. The lowest BCUT2D eigenvalue weighted by molar-refractivity contribution is -0.157. The monoisotopic (exact) mass is 257 g/mol. The number of hydrogen-bond donors (Lipinski definition) is 2. The highest BCUT2D eigenvalue weighted by Crippen LogP contribution is 2.16. The summed E-state index contributed by atoms with van der Waals surface area (Å²) in [4.78, 5) is 19.8. The van der Waals surface area contributed by atoms with Gasteiger partial charge in [-0.05, 0) is 0 Å². The normalized spacial score (nSPS) is 12.7. The number of nitrogens with zero attached hydrogens (tertiary/aromatic N) is 2. The number of rotatable bonds is 7. The van der Waals surface area contributed by atoms with E-state index in [9.17, 15) is 4.79 Å². The van der Waals surface area contributed by atoms with Crippen molar-refractivity contribution >= 4 is 18.6 Å². The maximum atomic E-state index is 11.8. The third kappa shape index (κ3) is 4.04. The van der Waals surface area contributed by atoms with Crippen LogP contribution in [0.15, 0.2) is 18.6 Å². The van der Waals surface area contributed by atoms with Crippen molar-refractivity contribution in [3.63, 3.8) is 0 Å². The second-order valence-electron chi connectivity index (χ2n) is 3.29. The van der Waals surface area contributed by atoms with Crippen LogP contribution >= 0.6 is 12.8 Å². The van der Waals surface area contributed by atoms with Crippen molar-refractivity contribution in [3.05, 3.63) is 24.3 Å². The van der Waals surface area contributed by atoms with E-state index in [4.69, 9.17) is 9.47 Å². The highest BCUT2D eigenvalue weighted by Gasteiger charge is 2.22. The van der Waals surface area contributed by atoms with Gasteiger partial charge in [-0.2, -0.15) is 0 Å². The number of carbonyl (C=O) groups is 1. The minimum Gasteiger partial charge on any atom is -0.349 e. The molecule has 1 heterocycles. The lowest BCUT2D eigenvalue weighted by atomic mass is 10.1. The Labute approximate surface area is 105 Å². The molecule has 6 nitrogen and oxygen atoms in total. The first-order valence-corrected chi connectivity index (χ1v) is 5.41. The Bertz CT molecular complexity index is 346. The summed E-state index contributed by atoms with van der Waals surface area (Å²) in [5, 5.41) is 0. The van der Waals surface area contributed by atoms with Crippen LogP contribution in [0.2, 0.25) is 0 Å². The Morgan fingerprint density at radius 2 is 2.18 bits per heavy atom. The van der Waals surface area contributed by atoms with Gasteiger partial charge in [0, 0.05) is 33.0 Å². The summed E-state index contributed by atoms with van der Waals surface area (Å²) in [7, 11) is 2.83. The van der Waals surface area contributed by atoms with E-state index in [1.165, 1.54) is 14.2 Å². The molecule has 7 heteroatoms. The van der Waals surface area contributed by atoms with Crippen LogP contribution in [0.25, 0.3) is 0 Å². The maximum Gasteiger partial charge on any atom is 0.217 e. The molecule has 1 N–H and O–H groups in total. The Morgan fingerprint density at radius 1 is 1.47 bits per heavy atom. The van der Waals surface area contributed by atoms with Crippen LogP contribution < -0.4 is 4.72 Å². The topological polar surface area (TPSA) is 73.3 Å². The van der Waals surface area contributed by atoms with Crippen LogP contribution in [0.4, 0.5) is 0 Å². The molecular weight excluding hydrogens is 242 g/mol. The summed E-state index contributed by atoms with van der Waals surface area (Å²) in [6.07, 6.45) is 4.00. The molecule has 1 rings (SSSR count). The van der Waals surface area contributed by atoms with Gasteiger partial charge < -0.3 is 9.47 Å². The summed E-state index contributed by atoms with van der Waals surface area (Å²) in [6, 6.07) is -0.327. The molecule has 0 amide bonds. The summed E-state index contributed by atoms with van der Waals surface area (Å²) in [5.74, 6) is -0.188. The lowest BCUT2D eigenvalue weighted by Gasteiger charge is -2.17. The molecule has 1 aromatic heterocycles. The van der Waals surface area contributed by atoms with Gasteiger partial charge in [0.1, 0.15) is 0 Å². The van der Waals surface area contributed by atoms with Crippen LogP contribution in [-0.4, -0.2) is 36.3 Å². The molecule has 0 fully saturated rings. The van der Waals surface area contributed by atoms with E-state index in [2.05, 4.69) is 27.5 Å². The van der Waals surface area contributed by atoms with E-state index in [1.54, 1.807) is 18.6 Å².